The van der Waals surface area contributed by atoms with Crippen molar-refractivity contribution in [3.05, 3.63) is 157 Å². The molecule has 8 rings (SSSR count). The summed E-state index contributed by atoms with van der Waals surface area (Å²) in [4.78, 5) is 0. The largest absolute Gasteiger partial charge is 0.355 e. The first-order valence-corrected chi connectivity index (χ1v) is 14.7. The van der Waals surface area contributed by atoms with Gasteiger partial charge in [-0.25, -0.2) is 0 Å². The van der Waals surface area contributed by atoms with E-state index in [0.29, 0.717) is 0 Å². The van der Waals surface area contributed by atoms with Crippen LogP contribution in [0.1, 0.15) is 25.0 Å². The van der Waals surface area contributed by atoms with E-state index in [1.165, 1.54) is 66.1 Å². The standard InChI is InChI=1S/C41H31N/c1-41(2)38-22-21-31(26-37(38)39-35-19-11-9-17-33(35)34-18-10-12-20-36(34)40(39)41)42-32-24-29(27-13-5-3-6-14-27)23-30(25-32)28-15-7-4-8-16-28/h3-26,42H,1-2H3. The fourth-order valence-electron chi connectivity index (χ4n) is 7.04. The van der Waals surface area contributed by atoms with Crippen LogP contribution in [-0.2, 0) is 5.41 Å². The molecule has 42 heavy (non-hydrogen) atoms. The Hall–Kier alpha value is -5.14. The van der Waals surface area contributed by atoms with Gasteiger partial charge < -0.3 is 5.32 Å². The first kappa shape index (κ1) is 24.6. The zero-order chi connectivity index (χ0) is 28.3. The maximum atomic E-state index is 3.80. The van der Waals surface area contributed by atoms with Gasteiger partial charge in [0.05, 0.1) is 0 Å². The van der Waals surface area contributed by atoms with Gasteiger partial charge in [0.2, 0.25) is 0 Å². The Balaban J connectivity index is 1.30. The molecule has 7 aromatic carbocycles. The Labute approximate surface area is 247 Å². The number of fused-ring (bicyclic) bond motifs is 8. The van der Waals surface area contributed by atoms with E-state index in [-0.39, 0.29) is 5.41 Å². The van der Waals surface area contributed by atoms with Gasteiger partial charge in [0.15, 0.2) is 0 Å². The monoisotopic (exact) mass is 537 g/mol. The number of rotatable bonds is 4. The number of benzene rings is 7. The smallest absolute Gasteiger partial charge is 0.0396 e. The second kappa shape index (κ2) is 9.46. The second-order valence-corrected chi connectivity index (χ2v) is 11.9. The van der Waals surface area contributed by atoms with Gasteiger partial charge >= 0.3 is 0 Å². The lowest BCUT2D eigenvalue weighted by molar-refractivity contribution is 0.666. The molecule has 0 saturated carbocycles. The van der Waals surface area contributed by atoms with Crippen molar-refractivity contribution in [2.24, 2.45) is 0 Å². The van der Waals surface area contributed by atoms with E-state index in [4.69, 9.17) is 0 Å². The van der Waals surface area contributed by atoms with E-state index in [1.807, 2.05) is 0 Å². The predicted molar refractivity (Wildman–Crippen MR) is 180 cm³/mol. The molecule has 7 aromatic rings. The summed E-state index contributed by atoms with van der Waals surface area (Å²) in [6, 6.07) is 52.8. The Morgan fingerprint density at radius 1 is 0.429 bits per heavy atom. The molecule has 0 aliphatic heterocycles. The van der Waals surface area contributed by atoms with Gasteiger partial charge in [-0.05, 0) is 96.4 Å². The summed E-state index contributed by atoms with van der Waals surface area (Å²) in [6.07, 6.45) is 0. The minimum atomic E-state index is -0.0967. The Bertz CT molecular complexity index is 2060. The van der Waals surface area contributed by atoms with Gasteiger partial charge in [-0.15, -0.1) is 0 Å². The molecule has 200 valence electrons. The summed E-state index contributed by atoms with van der Waals surface area (Å²) in [5.74, 6) is 0. The summed E-state index contributed by atoms with van der Waals surface area (Å²) in [5, 5.41) is 9.12. The van der Waals surface area contributed by atoms with Gasteiger partial charge in [0, 0.05) is 16.8 Å². The maximum absolute atomic E-state index is 3.80. The summed E-state index contributed by atoms with van der Waals surface area (Å²) in [7, 11) is 0. The van der Waals surface area contributed by atoms with Crippen LogP contribution in [0.3, 0.4) is 0 Å². The predicted octanol–water partition coefficient (Wildman–Crippen LogP) is 11.4. The van der Waals surface area contributed by atoms with Crippen molar-refractivity contribution in [1.29, 1.82) is 0 Å². The average Bonchev–Trinajstić information content (AvgIpc) is 3.28. The zero-order valence-corrected chi connectivity index (χ0v) is 23.9. The minimum absolute atomic E-state index is 0.0967. The van der Waals surface area contributed by atoms with Crippen LogP contribution in [0.25, 0.3) is 54.9 Å². The lowest BCUT2D eigenvalue weighted by Crippen LogP contribution is -2.15. The van der Waals surface area contributed by atoms with Crippen molar-refractivity contribution in [3.63, 3.8) is 0 Å². The van der Waals surface area contributed by atoms with Gasteiger partial charge in [-0.2, -0.15) is 0 Å². The molecule has 0 amide bonds. The number of hydrogen-bond donors (Lipinski definition) is 1. The van der Waals surface area contributed by atoms with Crippen LogP contribution < -0.4 is 5.32 Å². The number of anilines is 2. The third-order valence-electron chi connectivity index (χ3n) is 8.96. The van der Waals surface area contributed by atoms with Crippen LogP contribution in [0.5, 0.6) is 0 Å². The van der Waals surface area contributed by atoms with Crippen LogP contribution in [0.2, 0.25) is 0 Å². The van der Waals surface area contributed by atoms with Crippen LogP contribution >= 0.6 is 0 Å². The highest BCUT2D eigenvalue weighted by Gasteiger charge is 2.38. The Morgan fingerprint density at radius 3 is 1.57 bits per heavy atom. The normalized spacial score (nSPS) is 13.2. The molecular formula is C41H31N. The third-order valence-corrected chi connectivity index (χ3v) is 8.96. The van der Waals surface area contributed by atoms with Crippen molar-refractivity contribution >= 4 is 32.9 Å². The van der Waals surface area contributed by atoms with Gasteiger partial charge in [0.25, 0.3) is 0 Å². The summed E-state index contributed by atoms with van der Waals surface area (Å²) >= 11 is 0. The molecule has 1 nitrogen and oxygen atoms in total. The van der Waals surface area contributed by atoms with Crippen LogP contribution in [0.4, 0.5) is 11.4 Å². The first-order chi connectivity index (χ1) is 20.6. The second-order valence-electron chi connectivity index (χ2n) is 11.9. The highest BCUT2D eigenvalue weighted by molar-refractivity contribution is 6.18. The molecule has 1 heteroatoms. The lowest BCUT2D eigenvalue weighted by Gasteiger charge is -2.24. The molecule has 0 spiro atoms. The summed E-state index contributed by atoms with van der Waals surface area (Å²) < 4.78 is 0. The molecule has 0 radical (unpaired) electrons. The molecule has 0 saturated heterocycles. The van der Waals surface area contributed by atoms with Crippen molar-refractivity contribution in [3.8, 4) is 33.4 Å². The quantitative estimate of drug-likeness (QED) is 0.220. The van der Waals surface area contributed by atoms with E-state index in [0.717, 1.165) is 11.4 Å². The molecule has 0 bridgehead atoms. The van der Waals surface area contributed by atoms with Crippen LogP contribution in [0.15, 0.2) is 146 Å². The minimum Gasteiger partial charge on any atom is -0.355 e. The molecule has 0 heterocycles. The molecule has 0 fully saturated rings. The van der Waals surface area contributed by atoms with Gasteiger partial charge in [-0.1, -0.05) is 129 Å². The molecular weight excluding hydrogens is 506 g/mol. The average molecular weight is 538 g/mol. The Morgan fingerprint density at radius 2 is 0.952 bits per heavy atom. The molecule has 1 N–H and O–H groups in total. The van der Waals surface area contributed by atoms with Crippen molar-refractivity contribution < 1.29 is 0 Å². The fourth-order valence-corrected chi connectivity index (χ4v) is 7.04. The summed E-state index contributed by atoms with van der Waals surface area (Å²) in [5.41, 5.74) is 12.4. The van der Waals surface area contributed by atoms with Crippen molar-refractivity contribution in [1.82, 2.24) is 0 Å². The fraction of sp³-hybridized carbons (Fsp3) is 0.0732. The Kier molecular flexibility index (Phi) is 5.55. The van der Waals surface area contributed by atoms with Gasteiger partial charge in [-0.3, -0.25) is 0 Å². The molecule has 0 atom stereocenters. The first-order valence-electron chi connectivity index (χ1n) is 14.7. The molecule has 0 unspecified atom stereocenters. The SMILES string of the molecule is CC1(C)c2ccc(Nc3cc(-c4ccccc4)cc(-c4ccccc4)c3)cc2-c2c1c1ccccc1c1ccccc21. The van der Waals surface area contributed by atoms with E-state index >= 15 is 0 Å². The van der Waals surface area contributed by atoms with E-state index in [9.17, 15) is 0 Å². The topological polar surface area (TPSA) is 12.0 Å². The highest BCUT2D eigenvalue weighted by atomic mass is 14.9. The van der Waals surface area contributed by atoms with Crippen molar-refractivity contribution in [2.75, 3.05) is 5.32 Å². The third kappa shape index (κ3) is 3.85. The van der Waals surface area contributed by atoms with E-state index in [1.54, 1.807) is 0 Å². The van der Waals surface area contributed by atoms with E-state index < -0.39 is 0 Å². The van der Waals surface area contributed by atoms with E-state index in [2.05, 4.69) is 165 Å². The number of hydrogen-bond acceptors (Lipinski definition) is 1. The number of nitrogens with one attached hydrogen (secondary N) is 1. The van der Waals surface area contributed by atoms with Crippen molar-refractivity contribution in [2.45, 2.75) is 19.3 Å². The highest BCUT2D eigenvalue weighted by Crippen LogP contribution is 2.55. The van der Waals surface area contributed by atoms with Crippen LogP contribution in [-0.4, -0.2) is 0 Å². The molecule has 1 aliphatic carbocycles. The lowest BCUT2D eigenvalue weighted by atomic mass is 9.79. The van der Waals surface area contributed by atoms with Gasteiger partial charge in [0.1, 0.15) is 0 Å². The molecule has 0 aromatic heterocycles. The zero-order valence-electron chi connectivity index (χ0n) is 23.9. The molecule has 1 aliphatic rings. The summed E-state index contributed by atoms with van der Waals surface area (Å²) in [6.45, 7) is 4.75. The van der Waals surface area contributed by atoms with Crippen LogP contribution in [0, 0.1) is 0 Å². The maximum Gasteiger partial charge on any atom is 0.0396 e.